The molecule has 1 aliphatic heterocycles. The molecule has 0 aromatic carbocycles. The van der Waals surface area contributed by atoms with E-state index in [0.717, 1.165) is 18.4 Å². The summed E-state index contributed by atoms with van der Waals surface area (Å²) in [5.41, 5.74) is 0.394. The number of carbonyl (C=O) groups excluding carboxylic acids is 2. The summed E-state index contributed by atoms with van der Waals surface area (Å²) in [6, 6.07) is 1.78. The molecule has 1 saturated heterocycles. The first kappa shape index (κ1) is 18.7. The Balaban J connectivity index is 1.63. The van der Waals surface area contributed by atoms with Crippen LogP contribution < -0.4 is 0 Å². The lowest BCUT2D eigenvalue weighted by atomic mass is 9.84. The van der Waals surface area contributed by atoms with Crippen molar-refractivity contribution in [2.24, 2.45) is 5.41 Å². The van der Waals surface area contributed by atoms with Crippen LogP contribution in [0.3, 0.4) is 0 Å². The van der Waals surface area contributed by atoms with E-state index in [-0.39, 0.29) is 31.1 Å². The van der Waals surface area contributed by atoms with Crippen LogP contribution in [0.5, 0.6) is 0 Å². The minimum Gasteiger partial charge on any atom is -0.465 e. The molecule has 1 amide bonds. The first-order valence-corrected chi connectivity index (χ1v) is 8.95. The molecule has 5 nitrogen and oxygen atoms in total. The zero-order valence-electron chi connectivity index (χ0n) is 15.1. The van der Waals surface area contributed by atoms with Crippen LogP contribution in [0.2, 0.25) is 0 Å². The predicted octanol–water partition coefficient (Wildman–Crippen LogP) is 3.40. The molecule has 1 aromatic heterocycles. The monoisotopic (exact) mass is 366 g/mol. The molecule has 0 bridgehead atoms. The minimum atomic E-state index is -2.73. The second-order valence-corrected chi connectivity index (χ2v) is 7.66. The van der Waals surface area contributed by atoms with Crippen molar-refractivity contribution >= 4 is 11.9 Å². The SMILES string of the molecule is COC(=O)c1cncc(C2CCN(C(=O)C3(C)CCC(F)(F)C3)CC2)c1. The third-order valence-electron chi connectivity index (χ3n) is 5.64. The summed E-state index contributed by atoms with van der Waals surface area (Å²) >= 11 is 0. The Morgan fingerprint density at radius 3 is 2.50 bits per heavy atom. The number of pyridine rings is 1. The first-order chi connectivity index (χ1) is 12.2. The van der Waals surface area contributed by atoms with Crippen LogP contribution in [0.15, 0.2) is 18.5 Å². The molecule has 0 radical (unpaired) electrons. The summed E-state index contributed by atoms with van der Waals surface area (Å²) in [6.07, 6.45) is 4.32. The zero-order chi connectivity index (χ0) is 18.9. The lowest BCUT2D eigenvalue weighted by Crippen LogP contribution is -2.45. The van der Waals surface area contributed by atoms with E-state index in [1.165, 1.54) is 13.3 Å². The van der Waals surface area contributed by atoms with Crippen molar-refractivity contribution in [3.8, 4) is 0 Å². The molecule has 1 aromatic rings. The number of carbonyl (C=O) groups is 2. The van der Waals surface area contributed by atoms with Crippen molar-refractivity contribution in [1.29, 1.82) is 0 Å². The lowest BCUT2D eigenvalue weighted by Gasteiger charge is -2.37. The van der Waals surface area contributed by atoms with Gasteiger partial charge in [0, 0.05) is 38.3 Å². The topological polar surface area (TPSA) is 59.5 Å². The van der Waals surface area contributed by atoms with Crippen LogP contribution in [0, 0.1) is 5.41 Å². The largest absolute Gasteiger partial charge is 0.465 e. The van der Waals surface area contributed by atoms with Crippen LogP contribution in [0.25, 0.3) is 0 Å². The van der Waals surface area contributed by atoms with E-state index in [4.69, 9.17) is 4.74 Å². The molecule has 2 fully saturated rings. The molecule has 1 atom stereocenters. The van der Waals surface area contributed by atoms with Crippen LogP contribution in [-0.4, -0.2) is 47.9 Å². The summed E-state index contributed by atoms with van der Waals surface area (Å²) < 4.78 is 31.9. The number of halogens is 2. The van der Waals surface area contributed by atoms with E-state index < -0.39 is 17.3 Å². The maximum atomic E-state index is 13.6. The van der Waals surface area contributed by atoms with E-state index in [9.17, 15) is 18.4 Å². The van der Waals surface area contributed by atoms with Gasteiger partial charge in [-0.15, -0.1) is 0 Å². The van der Waals surface area contributed by atoms with Crippen LogP contribution in [0.4, 0.5) is 8.78 Å². The molecule has 2 aliphatic rings. The average Bonchev–Trinajstić information content (AvgIpc) is 2.95. The number of likely N-dealkylation sites (tertiary alicyclic amines) is 1. The summed E-state index contributed by atoms with van der Waals surface area (Å²) in [5.74, 6) is -3.13. The van der Waals surface area contributed by atoms with Gasteiger partial charge in [0.1, 0.15) is 0 Å². The highest BCUT2D eigenvalue weighted by molar-refractivity contribution is 5.89. The van der Waals surface area contributed by atoms with Crippen molar-refractivity contribution in [2.45, 2.75) is 50.9 Å². The molecule has 3 rings (SSSR count). The van der Waals surface area contributed by atoms with Crippen molar-refractivity contribution < 1.29 is 23.1 Å². The average molecular weight is 366 g/mol. The van der Waals surface area contributed by atoms with E-state index in [1.807, 2.05) is 0 Å². The number of methoxy groups -OCH3 is 1. The Kier molecular flexibility index (Phi) is 4.99. The van der Waals surface area contributed by atoms with Crippen molar-refractivity contribution in [1.82, 2.24) is 9.88 Å². The van der Waals surface area contributed by atoms with E-state index in [1.54, 1.807) is 24.1 Å². The maximum Gasteiger partial charge on any atom is 0.339 e. The van der Waals surface area contributed by atoms with Gasteiger partial charge < -0.3 is 9.64 Å². The minimum absolute atomic E-state index is 0.158. The fraction of sp³-hybridized carbons (Fsp3) is 0.632. The van der Waals surface area contributed by atoms with Crippen molar-refractivity contribution in [3.63, 3.8) is 0 Å². The van der Waals surface area contributed by atoms with Gasteiger partial charge in [0.2, 0.25) is 11.8 Å². The van der Waals surface area contributed by atoms with Gasteiger partial charge in [-0.05, 0) is 36.8 Å². The molecule has 26 heavy (non-hydrogen) atoms. The molecule has 2 heterocycles. The summed E-state index contributed by atoms with van der Waals surface area (Å²) in [4.78, 5) is 30.2. The number of hydrogen-bond acceptors (Lipinski definition) is 4. The molecule has 0 N–H and O–H groups in total. The molecule has 1 unspecified atom stereocenters. The Bertz CT molecular complexity index is 702. The lowest BCUT2D eigenvalue weighted by molar-refractivity contribution is -0.143. The number of amides is 1. The van der Waals surface area contributed by atoms with Gasteiger partial charge in [-0.1, -0.05) is 6.92 Å². The second-order valence-electron chi connectivity index (χ2n) is 7.66. The van der Waals surface area contributed by atoms with Crippen LogP contribution in [0.1, 0.15) is 60.9 Å². The Hall–Kier alpha value is -2.05. The molecular formula is C19H24F2N2O3. The third-order valence-corrected chi connectivity index (χ3v) is 5.64. The molecule has 1 aliphatic carbocycles. The van der Waals surface area contributed by atoms with E-state index >= 15 is 0 Å². The molecule has 1 saturated carbocycles. The van der Waals surface area contributed by atoms with Gasteiger partial charge in [0.15, 0.2) is 0 Å². The fourth-order valence-electron chi connectivity index (χ4n) is 4.10. The summed E-state index contributed by atoms with van der Waals surface area (Å²) in [7, 11) is 1.33. The summed E-state index contributed by atoms with van der Waals surface area (Å²) in [5, 5.41) is 0. The molecule has 142 valence electrons. The Morgan fingerprint density at radius 1 is 1.23 bits per heavy atom. The molecule has 0 spiro atoms. The Labute approximate surface area is 151 Å². The summed E-state index contributed by atoms with van der Waals surface area (Å²) in [6.45, 7) is 2.73. The van der Waals surface area contributed by atoms with Crippen LogP contribution in [-0.2, 0) is 9.53 Å². The van der Waals surface area contributed by atoms with E-state index in [0.29, 0.717) is 18.7 Å². The number of aromatic nitrogens is 1. The standard InChI is InChI=1S/C19H24F2N2O3/c1-18(5-6-19(20,21)12-18)17(25)23-7-3-13(4-8-23)14-9-15(11-22-10-14)16(24)26-2/h9-11,13H,3-8,12H2,1-2H3. The van der Waals surface area contributed by atoms with Gasteiger partial charge in [0.25, 0.3) is 0 Å². The van der Waals surface area contributed by atoms with E-state index in [2.05, 4.69) is 4.98 Å². The predicted molar refractivity (Wildman–Crippen MR) is 91.0 cm³/mol. The maximum absolute atomic E-state index is 13.6. The number of ether oxygens (including phenoxy) is 1. The number of piperidine rings is 1. The van der Waals surface area contributed by atoms with Gasteiger partial charge in [-0.3, -0.25) is 9.78 Å². The van der Waals surface area contributed by atoms with Gasteiger partial charge in [0.05, 0.1) is 18.1 Å². The number of alkyl halides is 2. The van der Waals surface area contributed by atoms with Crippen molar-refractivity contribution in [2.75, 3.05) is 20.2 Å². The van der Waals surface area contributed by atoms with Gasteiger partial charge >= 0.3 is 5.97 Å². The first-order valence-electron chi connectivity index (χ1n) is 8.95. The number of nitrogens with zero attached hydrogens (tertiary/aromatic N) is 2. The van der Waals surface area contributed by atoms with Gasteiger partial charge in [-0.2, -0.15) is 0 Å². The highest BCUT2D eigenvalue weighted by atomic mass is 19.3. The fourth-order valence-corrected chi connectivity index (χ4v) is 4.10. The third kappa shape index (κ3) is 3.71. The Morgan fingerprint density at radius 2 is 1.92 bits per heavy atom. The zero-order valence-corrected chi connectivity index (χ0v) is 15.1. The number of rotatable bonds is 3. The quantitative estimate of drug-likeness (QED) is 0.770. The smallest absolute Gasteiger partial charge is 0.339 e. The van der Waals surface area contributed by atoms with Crippen LogP contribution >= 0.6 is 0 Å². The number of esters is 1. The highest BCUT2D eigenvalue weighted by Gasteiger charge is 2.52. The van der Waals surface area contributed by atoms with Crippen molar-refractivity contribution in [3.05, 3.63) is 29.6 Å². The number of hydrogen-bond donors (Lipinski definition) is 0. The van der Waals surface area contributed by atoms with Gasteiger partial charge in [-0.25, -0.2) is 13.6 Å². The highest BCUT2D eigenvalue weighted by Crippen LogP contribution is 2.48. The molecule has 7 heteroatoms. The second kappa shape index (κ2) is 6.93. The molecular weight excluding hydrogens is 342 g/mol. The normalized spacial score (nSPS) is 25.9.